The minimum absolute atomic E-state index is 0.0357. The Balaban J connectivity index is 2.18. The molecular formula is C18H19BrN2O5S. The molecule has 0 unspecified atom stereocenters. The van der Waals surface area contributed by atoms with E-state index in [1.165, 1.54) is 12.1 Å². The van der Waals surface area contributed by atoms with Crippen LogP contribution < -0.4 is 5.14 Å². The number of aromatic nitrogens is 1. The number of aryl methyl sites for hydroxylation is 1. The number of rotatable bonds is 7. The highest BCUT2D eigenvalue weighted by Crippen LogP contribution is 2.22. The molecular weight excluding hydrogens is 436 g/mol. The van der Waals surface area contributed by atoms with Crippen LogP contribution in [0.4, 0.5) is 0 Å². The molecule has 2 rings (SSSR count). The van der Waals surface area contributed by atoms with Crippen molar-refractivity contribution in [1.29, 1.82) is 0 Å². The van der Waals surface area contributed by atoms with Crippen molar-refractivity contribution in [3.05, 3.63) is 63.9 Å². The molecule has 1 aromatic heterocycles. The Hall–Kier alpha value is -2.23. The van der Waals surface area contributed by atoms with Crippen molar-refractivity contribution in [2.75, 3.05) is 6.61 Å². The Morgan fingerprint density at radius 3 is 2.52 bits per heavy atom. The van der Waals surface area contributed by atoms with Gasteiger partial charge in [-0.3, -0.25) is 4.79 Å². The van der Waals surface area contributed by atoms with E-state index in [1.54, 1.807) is 19.1 Å². The van der Waals surface area contributed by atoms with Crippen LogP contribution in [0.25, 0.3) is 0 Å². The summed E-state index contributed by atoms with van der Waals surface area (Å²) >= 11 is 3.16. The maximum absolute atomic E-state index is 12.4. The second kappa shape index (κ2) is 8.20. The first kappa shape index (κ1) is 21.1. The summed E-state index contributed by atoms with van der Waals surface area (Å²) in [5.41, 5.74) is 2.07. The van der Waals surface area contributed by atoms with Crippen LogP contribution >= 0.6 is 15.9 Å². The molecule has 0 atom stereocenters. The summed E-state index contributed by atoms with van der Waals surface area (Å²) in [5, 5.41) is 5.07. The van der Waals surface area contributed by atoms with E-state index >= 15 is 0 Å². The lowest BCUT2D eigenvalue weighted by Gasteiger charge is -2.08. The van der Waals surface area contributed by atoms with Crippen LogP contribution in [0.15, 0.2) is 46.3 Å². The lowest BCUT2D eigenvalue weighted by atomic mass is 10.1. The van der Waals surface area contributed by atoms with Crippen molar-refractivity contribution in [2.45, 2.75) is 25.3 Å². The van der Waals surface area contributed by atoms with Gasteiger partial charge < -0.3 is 9.30 Å². The third-order valence-corrected chi connectivity index (χ3v) is 5.61. The van der Waals surface area contributed by atoms with Crippen molar-refractivity contribution in [3.8, 4) is 0 Å². The van der Waals surface area contributed by atoms with E-state index in [4.69, 9.17) is 9.88 Å². The Labute approximate surface area is 166 Å². The Morgan fingerprint density at radius 2 is 1.93 bits per heavy atom. The molecule has 0 amide bonds. The van der Waals surface area contributed by atoms with Gasteiger partial charge in [-0.15, -0.1) is 6.58 Å². The molecule has 0 saturated carbocycles. The Morgan fingerprint density at radius 1 is 1.26 bits per heavy atom. The molecule has 0 radical (unpaired) electrons. The summed E-state index contributed by atoms with van der Waals surface area (Å²) in [7, 11) is -3.97. The van der Waals surface area contributed by atoms with Crippen LogP contribution in [0.2, 0.25) is 0 Å². The maximum Gasteiger partial charge on any atom is 0.339 e. The number of halogens is 1. The maximum atomic E-state index is 12.4. The lowest BCUT2D eigenvalue weighted by Crippen LogP contribution is -2.17. The average molecular weight is 455 g/mol. The van der Waals surface area contributed by atoms with Gasteiger partial charge in [0.1, 0.15) is 0 Å². The molecule has 1 heterocycles. The number of allylic oxidation sites excluding steroid dienone is 1. The van der Waals surface area contributed by atoms with Gasteiger partial charge in [0.2, 0.25) is 15.8 Å². The quantitative estimate of drug-likeness (QED) is 0.392. The monoisotopic (exact) mass is 454 g/mol. The number of Topliss-reactive ketones (excluding diaryl/α,β-unsaturated/α-hetero) is 1. The highest BCUT2D eigenvalue weighted by atomic mass is 79.9. The van der Waals surface area contributed by atoms with E-state index in [-0.39, 0.29) is 16.2 Å². The topological polar surface area (TPSA) is 108 Å². The van der Waals surface area contributed by atoms with E-state index in [2.05, 4.69) is 22.5 Å². The molecule has 0 aliphatic heterocycles. The van der Waals surface area contributed by atoms with E-state index in [0.29, 0.717) is 16.6 Å². The fourth-order valence-electron chi connectivity index (χ4n) is 2.62. The molecule has 0 bridgehead atoms. The predicted octanol–water partition coefficient (Wildman–Crippen LogP) is 2.74. The van der Waals surface area contributed by atoms with Crippen LogP contribution in [0, 0.1) is 13.8 Å². The molecule has 0 spiro atoms. The van der Waals surface area contributed by atoms with Gasteiger partial charge >= 0.3 is 5.97 Å². The zero-order valence-electron chi connectivity index (χ0n) is 14.9. The number of carbonyl (C=O) groups excluding carboxylic acids is 2. The Kier molecular flexibility index (Phi) is 6.40. The largest absolute Gasteiger partial charge is 0.454 e. The highest BCUT2D eigenvalue weighted by molar-refractivity contribution is 9.10. The molecule has 144 valence electrons. The molecule has 7 nitrogen and oxygen atoms in total. The zero-order chi connectivity index (χ0) is 20.4. The van der Waals surface area contributed by atoms with E-state index in [0.717, 1.165) is 17.5 Å². The lowest BCUT2D eigenvalue weighted by molar-refractivity contribution is 0.0473. The normalized spacial score (nSPS) is 11.3. The molecule has 0 saturated heterocycles. The number of esters is 1. The molecule has 1 aromatic carbocycles. The number of nitrogens with two attached hydrogens (primary N) is 1. The molecule has 9 heteroatoms. The van der Waals surface area contributed by atoms with Crippen LogP contribution in [-0.4, -0.2) is 31.3 Å². The first-order valence-corrected chi connectivity index (χ1v) is 10.2. The standard InChI is InChI=1S/C18H19BrN2O5S/c1-4-7-21-11(2)8-14(12(21)3)17(22)10-26-18(23)15-9-13(27(20,24)25)5-6-16(15)19/h4-6,8-9H,1,7,10H2,2-3H3,(H2,20,24,25). The van der Waals surface area contributed by atoms with E-state index in [1.807, 2.05) is 11.5 Å². The van der Waals surface area contributed by atoms with E-state index in [9.17, 15) is 18.0 Å². The summed E-state index contributed by atoms with van der Waals surface area (Å²) in [6, 6.07) is 5.46. The molecule has 2 aromatic rings. The summed E-state index contributed by atoms with van der Waals surface area (Å²) in [5.74, 6) is -1.19. The minimum Gasteiger partial charge on any atom is -0.454 e. The molecule has 2 N–H and O–H groups in total. The fraction of sp³-hybridized carbons (Fsp3) is 0.222. The third-order valence-electron chi connectivity index (χ3n) is 4.01. The number of carbonyl (C=O) groups is 2. The van der Waals surface area contributed by atoms with Gasteiger partial charge in [-0.25, -0.2) is 18.4 Å². The van der Waals surface area contributed by atoms with E-state index < -0.39 is 22.6 Å². The van der Waals surface area contributed by atoms with Gasteiger partial charge in [0.25, 0.3) is 0 Å². The Bertz CT molecular complexity index is 1020. The first-order chi connectivity index (χ1) is 12.6. The second-order valence-corrected chi connectivity index (χ2v) is 8.29. The summed E-state index contributed by atoms with van der Waals surface area (Å²) < 4.78 is 30.2. The van der Waals surface area contributed by atoms with Gasteiger partial charge in [-0.1, -0.05) is 6.08 Å². The summed E-state index contributed by atoms with van der Waals surface area (Å²) in [4.78, 5) is 24.5. The number of nitrogens with zero attached hydrogens (tertiary/aromatic N) is 1. The number of sulfonamides is 1. The SMILES string of the molecule is C=CCn1c(C)cc(C(=O)COC(=O)c2cc(S(N)(=O)=O)ccc2Br)c1C. The van der Waals surface area contributed by atoms with Crippen LogP contribution in [0.5, 0.6) is 0 Å². The van der Waals surface area contributed by atoms with Crippen molar-refractivity contribution in [1.82, 2.24) is 4.57 Å². The highest BCUT2D eigenvalue weighted by Gasteiger charge is 2.20. The first-order valence-electron chi connectivity index (χ1n) is 7.86. The third kappa shape index (κ3) is 4.74. The van der Waals surface area contributed by atoms with Crippen LogP contribution in [-0.2, 0) is 21.3 Å². The summed E-state index contributed by atoms with van der Waals surface area (Å²) in [6.07, 6.45) is 1.73. The van der Waals surface area contributed by atoms with Crippen molar-refractivity contribution in [3.63, 3.8) is 0 Å². The fourth-order valence-corrected chi connectivity index (χ4v) is 3.57. The molecule has 0 aliphatic carbocycles. The van der Waals surface area contributed by atoms with Gasteiger partial charge in [0, 0.05) is 28.0 Å². The average Bonchev–Trinajstić information content (AvgIpc) is 2.87. The van der Waals surface area contributed by atoms with Crippen molar-refractivity contribution >= 4 is 37.7 Å². The number of ether oxygens (including phenoxy) is 1. The number of primary sulfonamides is 1. The van der Waals surface area contributed by atoms with Crippen LogP contribution in [0.3, 0.4) is 0 Å². The smallest absolute Gasteiger partial charge is 0.339 e. The number of hydrogen-bond donors (Lipinski definition) is 1. The van der Waals surface area contributed by atoms with Gasteiger partial charge in [-0.2, -0.15) is 0 Å². The minimum atomic E-state index is -3.97. The van der Waals surface area contributed by atoms with Crippen LogP contribution in [0.1, 0.15) is 32.1 Å². The molecule has 0 fully saturated rings. The predicted molar refractivity (Wildman–Crippen MR) is 104 cm³/mol. The number of ketones is 1. The molecule has 0 aliphatic rings. The van der Waals surface area contributed by atoms with Gasteiger partial charge in [0.05, 0.1) is 10.5 Å². The summed E-state index contributed by atoms with van der Waals surface area (Å²) in [6.45, 7) is 7.46. The van der Waals surface area contributed by atoms with Gasteiger partial charge in [-0.05, 0) is 54.0 Å². The van der Waals surface area contributed by atoms with Gasteiger partial charge in [0.15, 0.2) is 6.61 Å². The second-order valence-electron chi connectivity index (χ2n) is 5.87. The van der Waals surface area contributed by atoms with Crippen molar-refractivity contribution in [2.24, 2.45) is 5.14 Å². The number of hydrogen-bond acceptors (Lipinski definition) is 5. The number of benzene rings is 1. The zero-order valence-corrected chi connectivity index (χ0v) is 17.3. The van der Waals surface area contributed by atoms with Crippen molar-refractivity contribution < 1.29 is 22.7 Å². The molecule has 27 heavy (non-hydrogen) atoms.